The van der Waals surface area contributed by atoms with Crippen LogP contribution in [-0.2, 0) is 0 Å². The molecule has 2 heterocycles. The van der Waals surface area contributed by atoms with E-state index in [1.165, 1.54) is 6.33 Å². The number of imidazole rings is 1. The number of carboxylic acid groups (broad SMARTS) is 1. The zero-order valence-electron chi connectivity index (χ0n) is 7.38. The van der Waals surface area contributed by atoms with E-state index in [0.717, 1.165) is 4.68 Å². The number of rotatable bonds is 2. The highest BCUT2D eigenvalue weighted by Gasteiger charge is 2.20. The lowest BCUT2D eigenvalue weighted by molar-refractivity contribution is 0.0692. The number of nitrogens with zero attached hydrogens (tertiary/aromatic N) is 4. The predicted molar refractivity (Wildman–Crippen MR) is 49.1 cm³/mol. The molecule has 0 spiro atoms. The third-order valence-corrected chi connectivity index (χ3v) is 1.79. The number of carbonyl (C=O) groups is 1. The number of hydrogen-bond acceptors (Lipinski definition) is 6. The average Bonchev–Trinajstić information content (AvgIpc) is 2.75. The molecule has 2 aromatic heterocycles. The monoisotopic (exact) mass is 209 g/mol. The first-order valence-electron chi connectivity index (χ1n) is 3.84. The van der Waals surface area contributed by atoms with Gasteiger partial charge in [0.2, 0.25) is 11.8 Å². The highest BCUT2D eigenvalue weighted by Crippen LogP contribution is 2.17. The Labute approximate surface area is 82.7 Å². The molecular formula is C6H7N7O2. The largest absolute Gasteiger partial charge is 0.477 e. The summed E-state index contributed by atoms with van der Waals surface area (Å²) in [7, 11) is 0. The molecular weight excluding hydrogens is 202 g/mol. The van der Waals surface area contributed by atoms with Crippen LogP contribution in [0, 0.1) is 0 Å². The summed E-state index contributed by atoms with van der Waals surface area (Å²) >= 11 is 0. The lowest BCUT2D eigenvalue weighted by atomic mass is 10.3. The number of anilines is 1. The maximum atomic E-state index is 10.8. The van der Waals surface area contributed by atoms with Crippen LogP contribution in [0.3, 0.4) is 0 Å². The minimum absolute atomic E-state index is 0.0238. The molecule has 6 N–H and O–H groups in total. The summed E-state index contributed by atoms with van der Waals surface area (Å²) in [4.78, 5) is 17.0. The molecule has 0 bridgehead atoms. The Morgan fingerprint density at radius 1 is 1.53 bits per heavy atom. The molecule has 0 fully saturated rings. The third-order valence-electron chi connectivity index (χ3n) is 1.79. The van der Waals surface area contributed by atoms with Crippen molar-refractivity contribution in [2.45, 2.75) is 0 Å². The SMILES string of the molecule is Nc1nnc(-c2nc[nH]c2C(=O)O)n1N. The number of aromatic carboxylic acids is 1. The molecule has 78 valence electrons. The Bertz CT molecular complexity index is 513. The smallest absolute Gasteiger partial charge is 0.354 e. The van der Waals surface area contributed by atoms with Gasteiger partial charge < -0.3 is 21.7 Å². The van der Waals surface area contributed by atoms with Crippen molar-refractivity contribution in [2.75, 3.05) is 11.6 Å². The topological polar surface area (TPSA) is 149 Å². The molecule has 0 aliphatic heterocycles. The normalized spacial score (nSPS) is 10.4. The van der Waals surface area contributed by atoms with Crippen LogP contribution in [0.15, 0.2) is 6.33 Å². The van der Waals surface area contributed by atoms with E-state index in [0.29, 0.717) is 0 Å². The summed E-state index contributed by atoms with van der Waals surface area (Å²) in [6.07, 6.45) is 1.23. The van der Waals surface area contributed by atoms with Gasteiger partial charge in [-0.25, -0.2) is 14.5 Å². The Balaban J connectivity index is 2.59. The van der Waals surface area contributed by atoms with Crippen LogP contribution in [0.2, 0.25) is 0 Å². The van der Waals surface area contributed by atoms with Crippen molar-refractivity contribution in [2.24, 2.45) is 0 Å². The van der Waals surface area contributed by atoms with Crippen LogP contribution in [0.5, 0.6) is 0 Å². The number of hydrogen-bond donors (Lipinski definition) is 4. The molecule has 0 saturated carbocycles. The van der Waals surface area contributed by atoms with E-state index in [4.69, 9.17) is 16.7 Å². The molecule has 0 atom stereocenters. The first-order chi connectivity index (χ1) is 7.11. The Morgan fingerprint density at radius 3 is 2.80 bits per heavy atom. The molecule has 15 heavy (non-hydrogen) atoms. The van der Waals surface area contributed by atoms with E-state index in [2.05, 4.69) is 20.2 Å². The second-order valence-electron chi connectivity index (χ2n) is 2.68. The molecule has 0 aliphatic rings. The molecule has 0 aliphatic carbocycles. The van der Waals surface area contributed by atoms with Crippen LogP contribution < -0.4 is 11.6 Å². The summed E-state index contributed by atoms with van der Waals surface area (Å²) in [5, 5.41) is 15.9. The van der Waals surface area contributed by atoms with Crippen molar-refractivity contribution >= 4 is 11.9 Å². The second kappa shape index (κ2) is 2.97. The average molecular weight is 209 g/mol. The summed E-state index contributed by atoms with van der Waals surface area (Å²) < 4.78 is 0.961. The van der Waals surface area contributed by atoms with Gasteiger partial charge in [0.15, 0.2) is 5.69 Å². The van der Waals surface area contributed by atoms with Gasteiger partial charge in [-0.3, -0.25) is 0 Å². The fraction of sp³-hybridized carbons (Fsp3) is 0. The lowest BCUT2D eigenvalue weighted by Crippen LogP contribution is -2.14. The van der Waals surface area contributed by atoms with Crippen molar-refractivity contribution < 1.29 is 9.90 Å². The maximum Gasteiger partial charge on any atom is 0.354 e. The van der Waals surface area contributed by atoms with Crippen LogP contribution in [0.1, 0.15) is 10.5 Å². The highest BCUT2D eigenvalue weighted by molar-refractivity contribution is 5.91. The zero-order chi connectivity index (χ0) is 11.0. The van der Waals surface area contributed by atoms with E-state index in [9.17, 15) is 4.79 Å². The van der Waals surface area contributed by atoms with Crippen molar-refractivity contribution in [1.82, 2.24) is 24.8 Å². The molecule has 2 aromatic rings. The quantitative estimate of drug-likeness (QED) is 0.447. The number of nitrogens with two attached hydrogens (primary N) is 2. The number of carboxylic acids is 1. The molecule has 0 unspecified atom stereocenters. The summed E-state index contributed by atoms with van der Waals surface area (Å²) in [5.74, 6) is 4.39. The van der Waals surface area contributed by atoms with Gasteiger partial charge in [0.25, 0.3) is 0 Å². The zero-order valence-corrected chi connectivity index (χ0v) is 7.38. The first kappa shape index (κ1) is 8.99. The van der Waals surface area contributed by atoms with E-state index < -0.39 is 5.97 Å². The Morgan fingerprint density at radius 2 is 2.27 bits per heavy atom. The van der Waals surface area contributed by atoms with Crippen LogP contribution in [0.4, 0.5) is 5.95 Å². The van der Waals surface area contributed by atoms with E-state index >= 15 is 0 Å². The fourth-order valence-electron chi connectivity index (χ4n) is 1.09. The maximum absolute atomic E-state index is 10.8. The van der Waals surface area contributed by atoms with Crippen molar-refractivity contribution in [3.63, 3.8) is 0 Å². The Hall–Kier alpha value is -2.58. The van der Waals surface area contributed by atoms with Gasteiger partial charge >= 0.3 is 5.97 Å². The van der Waals surface area contributed by atoms with Crippen LogP contribution in [0.25, 0.3) is 11.5 Å². The third kappa shape index (κ3) is 1.25. The van der Waals surface area contributed by atoms with Crippen LogP contribution >= 0.6 is 0 Å². The van der Waals surface area contributed by atoms with Gasteiger partial charge in [0, 0.05) is 0 Å². The lowest BCUT2D eigenvalue weighted by Gasteiger charge is -1.98. The van der Waals surface area contributed by atoms with Gasteiger partial charge in [-0.1, -0.05) is 0 Å². The summed E-state index contributed by atoms with van der Waals surface area (Å²) in [6, 6.07) is 0. The predicted octanol–water partition coefficient (Wildman–Crippen LogP) is -1.34. The van der Waals surface area contributed by atoms with Gasteiger partial charge in [-0.15, -0.1) is 10.2 Å². The first-order valence-corrected chi connectivity index (χ1v) is 3.84. The fourth-order valence-corrected chi connectivity index (χ4v) is 1.09. The van der Waals surface area contributed by atoms with E-state index in [1.54, 1.807) is 0 Å². The summed E-state index contributed by atoms with van der Waals surface area (Å²) in [6.45, 7) is 0. The van der Waals surface area contributed by atoms with Gasteiger partial charge in [0.05, 0.1) is 6.33 Å². The van der Waals surface area contributed by atoms with Gasteiger partial charge in [0.1, 0.15) is 5.69 Å². The molecule has 0 saturated heterocycles. The summed E-state index contributed by atoms with van der Waals surface area (Å²) in [5.41, 5.74) is 5.33. The molecule has 0 radical (unpaired) electrons. The Kier molecular flexibility index (Phi) is 1.78. The number of aromatic nitrogens is 5. The van der Waals surface area contributed by atoms with Crippen LogP contribution in [-0.4, -0.2) is 35.9 Å². The minimum atomic E-state index is -1.16. The number of aromatic amines is 1. The van der Waals surface area contributed by atoms with Crippen molar-refractivity contribution in [3.05, 3.63) is 12.0 Å². The standard InChI is InChI=1S/C6H7N7O2/c7-6-12-11-4(13(6)8)2-3(5(14)15)10-1-9-2/h1H,8H2,(H2,7,12)(H,9,10)(H,14,15). The van der Waals surface area contributed by atoms with Gasteiger partial charge in [-0.05, 0) is 0 Å². The van der Waals surface area contributed by atoms with E-state index in [1.807, 2.05) is 0 Å². The molecule has 9 nitrogen and oxygen atoms in total. The van der Waals surface area contributed by atoms with Crippen molar-refractivity contribution in [1.29, 1.82) is 0 Å². The highest BCUT2D eigenvalue weighted by atomic mass is 16.4. The molecule has 9 heteroatoms. The molecule has 0 aromatic carbocycles. The number of H-pyrrole nitrogens is 1. The van der Waals surface area contributed by atoms with E-state index in [-0.39, 0.29) is 23.2 Å². The van der Waals surface area contributed by atoms with Crippen molar-refractivity contribution in [3.8, 4) is 11.5 Å². The second-order valence-corrected chi connectivity index (χ2v) is 2.68. The molecule has 2 rings (SSSR count). The number of nitrogens with one attached hydrogen (secondary N) is 1. The van der Waals surface area contributed by atoms with Gasteiger partial charge in [-0.2, -0.15) is 0 Å². The number of nitrogen functional groups attached to an aromatic ring is 2. The minimum Gasteiger partial charge on any atom is -0.477 e. The molecule has 0 amide bonds.